The summed E-state index contributed by atoms with van der Waals surface area (Å²) < 4.78 is 22.0. The Labute approximate surface area is 213 Å². The smallest absolute Gasteiger partial charge is 0.311 e. The molecule has 0 saturated carbocycles. The molecule has 2 N–H and O–H groups in total. The summed E-state index contributed by atoms with van der Waals surface area (Å²) in [6.45, 7) is 0.746. The van der Waals surface area contributed by atoms with Crippen LogP contribution in [0, 0.1) is 0 Å². The number of carbonyl (C=O) groups excluding carboxylic acids is 1. The van der Waals surface area contributed by atoms with Gasteiger partial charge in [0.25, 0.3) is 5.91 Å². The second-order valence-corrected chi connectivity index (χ2v) is 8.61. The molecule has 0 aliphatic carbocycles. The van der Waals surface area contributed by atoms with Gasteiger partial charge in [0.05, 0.1) is 31.8 Å². The predicted octanol–water partition coefficient (Wildman–Crippen LogP) is 5.07. The molecule has 0 aromatic heterocycles. The number of amides is 1. The van der Waals surface area contributed by atoms with Crippen LogP contribution < -0.4 is 24.3 Å². The van der Waals surface area contributed by atoms with E-state index in [9.17, 15) is 14.7 Å². The first-order chi connectivity index (χ1) is 17.4. The number of carbonyl (C=O) groups is 2. The first-order valence-corrected chi connectivity index (χ1v) is 11.7. The molecule has 188 valence electrons. The molecule has 0 bridgehead atoms. The molecule has 1 atom stereocenters. The van der Waals surface area contributed by atoms with Gasteiger partial charge in [-0.25, -0.2) is 0 Å². The molecule has 8 nitrogen and oxygen atoms in total. The maximum absolute atomic E-state index is 12.6. The molecule has 1 unspecified atom stereocenters. The Morgan fingerprint density at radius 2 is 1.72 bits per heavy atom. The topological polar surface area (TPSA) is 103 Å². The van der Waals surface area contributed by atoms with Crippen LogP contribution in [0.2, 0.25) is 5.02 Å². The summed E-state index contributed by atoms with van der Waals surface area (Å²) >= 11 is 6.36. The summed E-state index contributed by atoms with van der Waals surface area (Å²) in [5.74, 6) is 0.853. The number of rotatable bonds is 9. The van der Waals surface area contributed by atoms with Gasteiger partial charge in [-0.2, -0.15) is 0 Å². The van der Waals surface area contributed by atoms with Crippen molar-refractivity contribution in [2.24, 2.45) is 0 Å². The quantitative estimate of drug-likeness (QED) is 0.413. The van der Waals surface area contributed by atoms with E-state index in [0.29, 0.717) is 65.9 Å². The molecule has 3 aromatic carbocycles. The first kappa shape index (κ1) is 25.2. The average molecular weight is 512 g/mol. The van der Waals surface area contributed by atoms with Crippen molar-refractivity contribution in [1.29, 1.82) is 0 Å². The van der Waals surface area contributed by atoms with Gasteiger partial charge in [0.15, 0.2) is 0 Å². The number of nitrogens with one attached hydrogen (secondary N) is 1. The molecular formula is C27H26ClNO7. The highest BCUT2D eigenvalue weighted by Crippen LogP contribution is 2.41. The summed E-state index contributed by atoms with van der Waals surface area (Å²) in [5.41, 5.74) is 2.00. The third kappa shape index (κ3) is 5.83. The number of fused-ring (bicyclic) bond motifs is 1. The van der Waals surface area contributed by atoms with E-state index in [-0.39, 0.29) is 10.9 Å². The van der Waals surface area contributed by atoms with Gasteiger partial charge in [0, 0.05) is 29.8 Å². The summed E-state index contributed by atoms with van der Waals surface area (Å²) in [7, 11) is 3.19. The second-order valence-electron chi connectivity index (χ2n) is 8.20. The van der Waals surface area contributed by atoms with E-state index in [1.807, 2.05) is 12.1 Å². The Kier molecular flexibility index (Phi) is 7.85. The lowest BCUT2D eigenvalue weighted by atomic mass is 9.93. The Hall–Kier alpha value is -3.91. The summed E-state index contributed by atoms with van der Waals surface area (Å²) in [6, 6.07) is 15.4. The van der Waals surface area contributed by atoms with E-state index >= 15 is 0 Å². The van der Waals surface area contributed by atoms with Crippen molar-refractivity contribution in [3.05, 3.63) is 76.3 Å². The normalized spacial score (nSPS) is 14.2. The highest BCUT2D eigenvalue weighted by Gasteiger charge is 2.29. The molecule has 36 heavy (non-hydrogen) atoms. The van der Waals surface area contributed by atoms with Crippen LogP contribution in [0.1, 0.15) is 33.8 Å². The third-order valence-electron chi connectivity index (χ3n) is 5.86. The van der Waals surface area contributed by atoms with Crippen molar-refractivity contribution < 1.29 is 33.6 Å². The fraction of sp³-hybridized carbons (Fsp3) is 0.259. The molecule has 9 heteroatoms. The number of carboxylic acid groups (broad SMARTS) is 1. The van der Waals surface area contributed by atoms with Crippen LogP contribution in [0.15, 0.2) is 54.6 Å². The van der Waals surface area contributed by atoms with Crippen LogP contribution >= 0.6 is 11.6 Å². The van der Waals surface area contributed by atoms with Gasteiger partial charge in [0.2, 0.25) is 0 Å². The Balaban J connectivity index is 1.37. The highest BCUT2D eigenvalue weighted by molar-refractivity contribution is 6.32. The van der Waals surface area contributed by atoms with Crippen LogP contribution in [-0.4, -0.2) is 44.4 Å². The molecule has 1 aliphatic heterocycles. The Morgan fingerprint density at radius 3 is 2.36 bits per heavy atom. The lowest BCUT2D eigenvalue weighted by molar-refractivity contribution is -0.139. The van der Waals surface area contributed by atoms with Crippen molar-refractivity contribution in [3.63, 3.8) is 0 Å². The van der Waals surface area contributed by atoms with E-state index in [0.717, 1.165) is 5.56 Å². The molecule has 0 spiro atoms. The molecule has 1 amide bonds. The largest absolute Gasteiger partial charge is 0.497 e. The molecule has 1 aliphatic rings. The molecule has 0 fully saturated rings. The van der Waals surface area contributed by atoms with Crippen LogP contribution in [0.4, 0.5) is 0 Å². The van der Waals surface area contributed by atoms with Gasteiger partial charge >= 0.3 is 5.97 Å². The summed E-state index contributed by atoms with van der Waals surface area (Å²) in [5, 5.41) is 12.6. The van der Waals surface area contributed by atoms with Crippen molar-refractivity contribution >= 4 is 23.5 Å². The van der Waals surface area contributed by atoms with Gasteiger partial charge in [0.1, 0.15) is 28.7 Å². The standard InChI is InChI=1S/C27H26ClNO7/c1-33-19-11-16(12-20(13-19)34-2)7-9-29-26(30)17-3-5-18(6-4-17)36-25-15-24-22(14-23(25)28)21(27(31)32)8-10-35-24/h3-6,11-15,21H,7-10H2,1-2H3,(H,29,30)(H,31,32). The average Bonchev–Trinajstić information content (AvgIpc) is 2.88. The van der Waals surface area contributed by atoms with Gasteiger partial charge in [-0.3, -0.25) is 9.59 Å². The predicted molar refractivity (Wildman–Crippen MR) is 134 cm³/mol. The fourth-order valence-corrected chi connectivity index (χ4v) is 4.17. The van der Waals surface area contributed by atoms with Crippen molar-refractivity contribution in [2.45, 2.75) is 18.8 Å². The number of hydrogen-bond acceptors (Lipinski definition) is 6. The van der Waals surface area contributed by atoms with Crippen LogP contribution in [0.5, 0.6) is 28.7 Å². The van der Waals surface area contributed by atoms with Crippen molar-refractivity contribution in [3.8, 4) is 28.7 Å². The molecule has 1 heterocycles. The van der Waals surface area contributed by atoms with Gasteiger partial charge in [-0.1, -0.05) is 11.6 Å². The number of ether oxygens (including phenoxy) is 4. The first-order valence-electron chi connectivity index (χ1n) is 11.3. The Morgan fingerprint density at radius 1 is 1.03 bits per heavy atom. The fourth-order valence-electron chi connectivity index (χ4n) is 3.96. The molecule has 0 radical (unpaired) electrons. The van der Waals surface area contributed by atoms with Crippen molar-refractivity contribution in [2.75, 3.05) is 27.4 Å². The van der Waals surface area contributed by atoms with Crippen molar-refractivity contribution in [1.82, 2.24) is 5.32 Å². The van der Waals surface area contributed by atoms with E-state index < -0.39 is 11.9 Å². The van der Waals surface area contributed by atoms with E-state index in [4.69, 9.17) is 30.5 Å². The third-order valence-corrected chi connectivity index (χ3v) is 6.15. The summed E-state index contributed by atoms with van der Waals surface area (Å²) in [4.78, 5) is 24.1. The monoisotopic (exact) mass is 511 g/mol. The van der Waals surface area contributed by atoms with Gasteiger partial charge < -0.3 is 29.4 Å². The zero-order valence-corrected chi connectivity index (χ0v) is 20.6. The van der Waals surface area contributed by atoms with E-state index in [1.54, 1.807) is 56.7 Å². The van der Waals surface area contributed by atoms with E-state index in [2.05, 4.69) is 5.32 Å². The summed E-state index contributed by atoms with van der Waals surface area (Å²) in [6.07, 6.45) is 0.998. The minimum Gasteiger partial charge on any atom is -0.497 e. The zero-order chi connectivity index (χ0) is 25.7. The number of carboxylic acids is 1. The van der Waals surface area contributed by atoms with Crippen LogP contribution in [0.3, 0.4) is 0 Å². The van der Waals surface area contributed by atoms with Crippen LogP contribution in [-0.2, 0) is 11.2 Å². The van der Waals surface area contributed by atoms with Gasteiger partial charge in [-0.15, -0.1) is 0 Å². The Bertz CT molecular complexity index is 1240. The number of benzene rings is 3. The zero-order valence-electron chi connectivity index (χ0n) is 19.9. The highest BCUT2D eigenvalue weighted by atomic mass is 35.5. The second kappa shape index (κ2) is 11.2. The molecule has 3 aromatic rings. The number of aliphatic carboxylic acids is 1. The molecule has 0 saturated heterocycles. The lowest BCUT2D eigenvalue weighted by Crippen LogP contribution is -2.25. The van der Waals surface area contributed by atoms with E-state index in [1.165, 1.54) is 0 Å². The minimum atomic E-state index is -0.915. The number of hydrogen-bond donors (Lipinski definition) is 2. The number of halogens is 1. The SMILES string of the molecule is COc1cc(CCNC(=O)c2ccc(Oc3cc4c(cc3Cl)C(C(=O)O)CCO4)cc2)cc(OC)c1. The minimum absolute atomic E-state index is 0.212. The van der Waals surface area contributed by atoms with Gasteiger partial charge in [-0.05, 0) is 60.9 Å². The molecular weight excluding hydrogens is 486 g/mol. The van der Waals surface area contributed by atoms with Crippen LogP contribution in [0.25, 0.3) is 0 Å². The maximum Gasteiger partial charge on any atom is 0.311 e. The maximum atomic E-state index is 12.6. The molecule has 4 rings (SSSR count). The number of methoxy groups -OCH3 is 2. The lowest BCUT2D eigenvalue weighted by Gasteiger charge is -2.24.